The van der Waals surface area contributed by atoms with Gasteiger partial charge >= 0.3 is 12.1 Å². The summed E-state index contributed by atoms with van der Waals surface area (Å²) in [6.07, 6.45) is 19.8. The van der Waals surface area contributed by atoms with E-state index in [0.717, 1.165) is 207 Å². The highest BCUT2D eigenvalue weighted by Crippen LogP contribution is 2.42. The summed E-state index contributed by atoms with van der Waals surface area (Å²) in [4.78, 5) is 123. The summed E-state index contributed by atoms with van der Waals surface area (Å²) in [7, 11) is 0. The SMILES string of the molecule is CCCOc1c2cccc1Cc1cc(Nc3nc(N)nc(NCCCCCCCCCCNC(=O)CC4C(=O)NC(=O)NC4=O)n3)cc(c1OCCC)Cc1cccc(c1OCCC)Cc1cc(Nc3nc(N)nc(NCCCCCCCCCCNC(=O)CC4C(=O)NC(=O)NC4=O)n3)cc(c1OCCC)C2. The Labute approximate surface area is 630 Å². The lowest BCUT2D eigenvalue weighted by molar-refractivity contribution is -0.140. The van der Waals surface area contributed by atoms with Crippen LogP contribution in [-0.4, -0.2) is 130 Å². The minimum absolute atomic E-state index is 0.0631. The van der Waals surface area contributed by atoms with E-state index in [2.05, 4.69) is 140 Å². The van der Waals surface area contributed by atoms with Gasteiger partial charge in [0.1, 0.15) is 34.8 Å². The molecule has 2 fully saturated rings. The molecule has 14 N–H and O–H groups in total. The largest absolute Gasteiger partial charge is 0.493 e. The van der Waals surface area contributed by atoms with Crippen LogP contribution in [0.25, 0.3) is 0 Å². The van der Waals surface area contributed by atoms with Crippen molar-refractivity contribution in [3.05, 3.63) is 105 Å². The number of ether oxygens (including phenoxy) is 4. The van der Waals surface area contributed by atoms with Crippen molar-refractivity contribution in [1.82, 2.24) is 61.8 Å². The fourth-order valence-electron chi connectivity index (χ4n) is 13.2. The molecule has 0 atom stereocenters. The maximum Gasteiger partial charge on any atom is 0.328 e. The Morgan fingerprint density at radius 2 is 0.648 bits per heavy atom. The molecule has 0 radical (unpaired) electrons. The van der Waals surface area contributed by atoms with Crippen LogP contribution in [0.2, 0.25) is 0 Å². The predicted octanol–water partition coefficient (Wildman–Crippen LogP) is 10.6. The molecule has 6 aromatic rings. The topological polar surface area (TPSA) is 423 Å². The average Bonchev–Trinajstić information content (AvgIpc) is 0.777. The van der Waals surface area contributed by atoms with Crippen LogP contribution >= 0.6 is 0 Å². The van der Waals surface area contributed by atoms with Gasteiger partial charge in [-0.1, -0.05) is 141 Å². The van der Waals surface area contributed by atoms with Crippen LogP contribution in [0.15, 0.2) is 60.7 Å². The second-order valence-electron chi connectivity index (χ2n) is 27.4. The average molecular weight is 1490 g/mol. The van der Waals surface area contributed by atoms with Gasteiger partial charge in [0.2, 0.25) is 71.1 Å². The van der Waals surface area contributed by atoms with Crippen LogP contribution in [0.3, 0.4) is 0 Å². The Morgan fingerprint density at radius 1 is 0.380 bits per heavy atom. The van der Waals surface area contributed by atoms with Gasteiger partial charge < -0.3 is 62.3 Å². The third-order valence-electron chi connectivity index (χ3n) is 18.4. The summed E-state index contributed by atoms with van der Waals surface area (Å²) in [5.74, 6) is -1.86. The molecule has 8 bridgehead atoms. The zero-order chi connectivity index (χ0) is 76.6. The number of nitrogens with zero attached hydrogens (tertiary/aromatic N) is 6. The van der Waals surface area contributed by atoms with Crippen molar-refractivity contribution in [3.63, 3.8) is 0 Å². The predicted molar refractivity (Wildman–Crippen MR) is 412 cm³/mol. The fourth-order valence-corrected chi connectivity index (χ4v) is 13.2. The normalized spacial score (nSPS) is 13.7. The summed E-state index contributed by atoms with van der Waals surface area (Å²) in [5.41, 5.74) is 21.9. The molecule has 1 aliphatic carbocycles. The van der Waals surface area contributed by atoms with Crippen molar-refractivity contribution >= 4 is 94.6 Å². The number of fused-ring (bicyclic) bond motifs is 8. The van der Waals surface area contributed by atoms with Gasteiger partial charge in [-0.15, -0.1) is 0 Å². The first-order valence-electron chi connectivity index (χ1n) is 38.4. The van der Waals surface area contributed by atoms with Crippen LogP contribution in [0.4, 0.5) is 56.7 Å². The van der Waals surface area contributed by atoms with Crippen LogP contribution in [0.1, 0.15) is 213 Å². The highest BCUT2D eigenvalue weighted by atomic mass is 16.5. The number of urea groups is 2. The number of unbranched alkanes of at least 4 members (excludes halogenated alkanes) is 14. The second kappa shape index (κ2) is 42.4. The number of amides is 10. The number of para-hydroxylation sites is 2. The molecule has 580 valence electrons. The van der Waals surface area contributed by atoms with Crippen molar-refractivity contribution in [1.29, 1.82) is 0 Å². The summed E-state index contributed by atoms with van der Waals surface area (Å²) in [6.45, 7) is 12.5. The number of hydrogen-bond donors (Lipinski definition) is 12. The highest BCUT2D eigenvalue weighted by Gasteiger charge is 2.37. The first kappa shape index (κ1) is 81.1. The summed E-state index contributed by atoms with van der Waals surface area (Å²) >= 11 is 0. The number of barbiturate groups is 2. The minimum Gasteiger partial charge on any atom is -0.493 e. The van der Waals surface area contributed by atoms with Gasteiger partial charge in [-0.2, -0.15) is 29.9 Å². The van der Waals surface area contributed by atoms with E-state index in [1.165, 1.54) is 0 Å². The van der Waals surface area contributed by atoms with E-state index in [1.807, 2.05) is 21.3 Å². The standard InChI is InChI=1S/C78H106N18O12/c1-5-35-105-63-49-27-25-28-50(63)40-54-44-58(86-76-94-72(80)92-74(96-76)84-34-24-20-16-12-10-14-18-22-32-82-62(98)48-60-69(101)89-78(104)90-70(60)102)46-56(66(54)108-38-8-4)42-52-30-26-29-51(64(52)106-36-6-2)41-55-45-57(43-53(39-49)65(55)107-37-7-3)85-75-93-71(79)91-73(95-75)83-33-23-19-15-11-9-13-17-21-31-81-61(97)47-59-67(99)87-77(103)88-68(59)100/h25-30,43-46,59-60H,5-24,31-42,47-48H2,1-4H3,(H,81,97)(H,82,98)(H2,87,88,99,100,103)(H2,89,90,101,102,104)(H4,79,83,85,91,93,95)(H4,80,84,86,92,94,96). The monoisotopic (exact) mass is 1490 g/mol. The molecule has 30 heteroatoms. The third kappa shape index (κ3) is 25.1. The lowest BCUT2D eigenvalue weighted by Gasteiger charge is -2.24. The summed E-state index contributed by atoms with van der Waals surface area (Å²) in [6, 6.07) is 19.3. The Morgan fingerprint density at radius 3 is 0.944 bits per heavy atom. The molecule has 2 aliphatic heterocycles. The Bertz CT molecular complexity index is 3700. The molecule has 108 heavy (non-hydrogen) atoms. The van der Waals surface area contributed by atoms with Gasteiger partial charge in [-0.25, -0.2) is 9.59 Å². The van der Waals surface area contributed by atoms with Gasteiger partial charge in [0, 0.05) is 98.3 Å². The van der Waals surface area contributed by atoms with Crippen molar-refractivity contribution in [2.24, 2.45) is 11.8 Å². The number of aromatic nitrogens is 6. The number of hydrogen-bond acceptors (Lipinski definition) is 24. The number of carbonyl (C=O) groups excluding carboxylic acids is 8. The lowest BCUT2D eigenvalue weighted by atomic mass is 9.90. The lowest BCUT2D eigenvalue weighted by Crippen LogP contribution is -2.56. The molecule has 4 aromatic carbocycles. The molecule has 0 unspecified atom stereocenters. The number of imide groups is 4. The first-order chi connectivity index (χ1) is 52.5. The molecular formula is C78H106N18O12. The zero-order valence-electron chi connectivity index (χ0n) is 62.7. The second-order valence-corrected chi connectivity index (χ2v) is 27.4. The highest BCUT2D eigenvalue weighted by molar-refractivity contribution is 6.18. The van der Waals surface area contributed by atoms with E-state index < -0.39 is 59.3 Å². The van der Waals surface area contributed by atoms with Crippen molar-refractivity contribution in [2.75, 3.05) is 85.3 Å². The van der Waals surface area contributed by atoms with E-state index in [4.69, 9.17) is 40.4 Å². The number of nitrogens with one attached hydrogen (secondary N) is 10. The van der Waals surface area contributed by atoms with Crippen LogP contribution in [0, 0.1) is 11.8 Å². The smallest absolute Gasteiger partial charge is 0.328 e. The summed E-state index contributed by atoms with van der Waals surface area (Å²) in [5, 5.41) is 27.4. The van der Waals surface area contributed by atoms with Gasteiger partial charge in [-0.3, -0.25) is 50.0 Å². The first-order valence-corrected chi connectivity index (χ1v) is 38.4. The molecule has 4 heterocycles. The van der Waals surface area contributed by atoms with Crippen LogP contribution in [-0.2, 0) is 54.5 Å². The van der Waals surface area contributed by atoms with Gasteiger partial charge in [0.15, 0.2) is 0 Å². The van der Waals surface area contributed by atoms with Crippen molar-refractivity contribution in [3.8, 4) is 23.0 Å². The molecule has 9 rings (SSSR count). The fraction of sp³-hybridized carbons (Fsp3) is 0.513. The zero-order valence-corrected chi connectivity index (χ0v) is 62.7. The van der Waals surface area contributed by atoms with Crippen molar-refractivity contribution < 1.29 is 57.3 Å². The van der Waals surface area contributed by atoms with Crippen LogP contribution < -0.4 is 83.6 Å². The molecule has 2 aromatic heterocycles. The van der Waals surface area contributed by atoms with E-state index in [1.54, 1.807) is 0 Å². The number of nitrogen functional groups attached to an aromatic ring is 2. The maximum absolute atomic E-state index is 12.3. The maximum atomic E-state index is 12.3. The van der Waals surface area contributed by atoms with Crippen LogP contribution in [0.5, 0.6) is 23.0 Å². The molecular weight excluding hydrogens is 1380 g/mol. The van der Waals surface area contributed by atoms with E-state index in [0.29, 0.717) is 90.2 Å². The molecule has 0 spiro atoms. The van der Waals surface area contributed by atoms with Gasteiger partial charge in [0.25, 0.3) is 0 Å². The van der Waals surface area contributed by atoms with Gasteiger partial charge in [-0.05, 0) is 97.9 Å². The molecule has 30 nitrogen and oxygen atoms in total. The molecule has 3 aliphatic rings. The number of rotatable bonds is 44. The van der Waals surface area contributed by atoms with Crippen molar-refractivity contribution in [2.45, 2.75) is 195 Å². The molecule has 0 saturated carbocycles. The third-order valence-corrected chi connectivity index (χ3v) is 18.4. The number of anilines is 8. The Balaban J connectivity index is 0.866. The number of nitrogens with two attached hydrogens (primary N) is 2. The Kier molecular flexibility index (Phi) is 31.9. The molecule has 10 amide bonds. The van der Waals surface area contributed by atoms with E-state index in [9.17, 15) is 38.4 Å². The van der Waals surface area contributed by atoms with Gasteiger partial charge in [0.05, 0.1) is 26.4 Å². The summed E-state index contributed by atoms with van der Waals surface area (Å²) < 4.78 is 27.5. The Hall–Kier alpha value is -10.9. The number of benzene rings is 4. The quantitative estimate of drug-likeness (QED) is 0.0125. The minimum atomic E-state index is -1.22. The number of carbonyl (C=O) groups is 8. The van der Waals surface area contributed by atoms with E-state index in [-0.39, 0.29) is 36.6 Å². The van der Waals surface area contributed by atoms with E-state index >= 15 is 0 Å². The molecule has 2 saturated heterocycles.